The highest BCUT2D eigenvalue weighted by molar-refractivity contribution is 5.96. The van der Waals surface area contributed by atoms with Crippen molar-refractivity contribution in [2.24, 2.45) is 5.10 Å². The predicted octanol–water partition coefficient (Wildman–Crippen LogP) is 2.33. The standard InChI is InChI=1S/C16H15N5O5/c1-19(2)15-7-6-14(21(25)26)9-12(15)10-17-18-16(22)11-4-3-5-13(8-11)20(23)24/h3-10H,1-2H3,(H,18,22)/b17-10-. The van der Waals surface area contributed by atoms with Gasteiger partial charge in [0.05, 0.1) is 16.1 Å². The molecule has 0 saturated heterocycles. The molecule has 0 spiro atoms. The van der Waals surface area contributed by atoms with Gasteiger partial charge in [-0.25, -0.2) is 5.43 Å². The van der Waals surface area contributed by atoms with Crippen LogP contribution in [-0.4, -0.2) is 36.1 Å². The molecule has 0 aliphatic rings. The van der Waals surface area contributed by atoms with Gasteiger partial charge in [0.2, 0.25) is 0 Å². The highest BCUT2D eigenvalue weighted by atomic mass is 16.6. The van der Waals surface area contributed by atoms with Crippen LogP contribution in [0.3, 0.4) is 0 Å². The Morgan fingerprint density at radius 2 is 1.73 bits per heavy atom. The second-order valence-electron chi connectivity index (χ2n) is 5.40. The van der Waals surface area contributed by atoms with Crippen molar-refractivity contribution in [3.05, 3.63) is 73.8 Å². The fourth-order valence-corrected chi connectivity index (χ4v) is 2.15. The van der Waals surface area contributed by atoms with E-state index in [4.69, 9.17) is 0 Å². The zero-order valence-corrected chi connectivity index (χ0v) is 13.9. The van der Waals surface area contributed by atoms with Crippen LogP contribution in [-0.2, 0) is 0 Å². The topological polar surface area (TPSA) is 131 Å². The van der Waals surface area contributed by atoms with Gasteiger partial charge in [0.25, 0.3) is 17.3 Å². The van der Waals surface area contributed by atoms with Crippen LogP contribution in [0.15, 0.2) is 47.6 Å². The third-order valence-corrected chi connectivity index (χ3v) is 3.39. The third-order valence-electron chi connectivity index (χ3n) is 3.39. The SMILES string of the molecule is CN(C)c1ccc([N+](=O)[O-])cc1/C=N\NC(=O)c1cccc([N+](=O)[O-])c1. The molecule has 0 bridgehead atoms. The summed E-state index contributed by atoms with van der Waals surface area (Å²) >= 11 is 0. The number of nitro benzene ring substituents is 2. The lowest BCUT2D eigenvalue weighted by atomic mass is 10.1. The number of hydrazone groups is 1. The molecule has 2 aromatic rings. The summed E-state index contributed by atoms with van der Waals surface area (Å²) in [6, 6.07) is 9.47. The Bertz CT molecular complexity index is 894. The lowest BCUT2D eigenvalue weighted by Crippen LogP contribution is -2.18. The minimum absolute atomic E-state index is 0.0724. The molecule has 10 heteroatoms. The number of carbonyl (C=O) groups is 1. The van der Waals surface area contributed by atoms with Gasteiger partial charge in [-0.3, -0.25) is 25.0 Å². The summed E-state index contributed by atoms with van der Waals surface area (Å²) in [6.45, 7) is 0. The Morgan fingerprint density at radius 1 is 1.08 bits per heavy atom. The summed E-state index contributed by atoms with van der Waals surface area (Å²) in [7, 11) is 3.53. The Labute approximate surface area is 148 Å². The van der Waals surface area contributed by atoms with Crippen LogP contribution in [0.1, 0.15) is 15.9 Å². The van der Waals surface area contributed by atoms with Crippen molar-refractivity contribution in [2.45, 2.75) is 0 Å². The van der Waals surface area contributed by atoms with Gasteiger partial charge in [0, 0.05) is 55.2 Å². The molecule has 0 unspecified atom stereocenters. The Hall–Kier alpha value is -3.82. The molecule has 2 aromatic carbocycles. The molecule has 0 aliphatic heterocycles. The Balaban J connectivity index is 2.21. The first kappa shape index (κ1) is 18.5. The normalized spacial score (nSPS) is 10.5. The number of non-ortho nitro benzene ring substituents is 2. The summed E-state index contributed by atoms with van der Waals surface area (Å²) in [5, 5.41) is 25.5. The first-order valence-corrected chi connectivity index (χ1v) is 7.33. The van der Waals surface area contributed by atoms with E-state index >= 15 is 0 Å². The maximum absolute atomic E-state index is 12.0. The average molecular weight is 357 g/mol. The summed E-state index contributed by atoms with van der Waals surface area (Å²) in [6.07, 6.45) is 1.28. The summed E-state index contributed by atoms with van der Waals surface area (Å²) in [4.78, 5) is 34.3. The zero-order valence-electron chi connectivity index (χ0n) is 13.9. The quantitative estimate of drug-likeness (QED) is 0.479. The van der Waals surface area contributed by atoms with Crippen LogP contribution >= 0.6 is 0 Å². The van der Waals surface area contributed by atoms with E-state index < -0.39 is 15.8 Å². The largest absolute Gasteiger partial charge is 0.377 e. The van der Waals surface area contributed by atoms with Crippen LogP contribution < -0.4 is 10.3 Å². The van der Waals surface area contributed by atoms with Crippen molar-refractivity contribution in [3.8, 4) is 0 Å². The predicted molar refractivity (Wildman–Crippen MR) is 95.6 cm³/mol. The van der Waals surface area contributed by atoms with Crippen LogP contribution in [0.25, 0.3) is 0 Å². The lowest BCUT2D eigenvalue weighted by Gasteiger charge is -2.14. The third kappa shape index (κ3) is 4.38. The molecule has 1 N–H and O–H groups in total. The molecule has 0 saturated carbocycles. The van der Waals surface area contributed by atoms with Crippen molar-refractivity contribution >= 4 is 29.2 Å². The second kappa shape index (κ2) is 7.83. The van der Waals surface area contributed by atoms with E-state index in [0.717, 1.165) is 6.07 Å². The fourth-order valence-electron chi connectivity index (χ4n) is 2.15. The molecule has 0 fully saturated rings. The van der Waals surface area contributed by atoms with Gasteiger partial charge in [-0.15, -0.1) is 0 Å². The van der Waals surface area contributed by atoms with Crippen molar-refractivity contribution in [3.63, 3.8) is 0 Å². The molecule has 0 aliphatic carbocycles. The van der Waals surface area contributed by atoms with Crippen LogP contribution in [0, 0.1) is 20.2 Å². The van der Waals surface area contributed by atoms with E-state index in [9.17, 15) is 25.0 Å². The van der Waals surface area contributed by atoms with E-state index in [2.05, 4.69) is 10.5 Å². The van der Waals surface area contributed by atoms with E-state index in [1.165, 1.54) is 36.5 Å². The summed E-state index contributed by atoms with van der Waals surface area (Å²) < 4.78 is 0. The van der Waals surface area contributed by atoms with Crippen molar-refractivity contribution < 1.29 is 14.6 Å². The highest BCUT2D eigenvalue weighted by Crippen LogP contribution is 2.22. The number of rotatable bonds is 6. The molecule has 1 amide bonds. The number of nitrogens with one attached hydrogen (secondary N) is 1. The number of hydrogen-bond donors (Lipinski definition) is 1. The average Bonchev–Trinajstić information content (AvgIpc) is 2.61. The molecule has 0 heterocycles. The van der Waals surface area contributed by atoms with E-state index in [0.29, 0.717) is 11.3 Å². The van der Waals surface area contributed by atoms with Gasteiger partial charge in [0.15, 0.2) is 0 Å². The second-order valence-corrected chi connectivity index (χ2v) is 5.40. The Kier molecular flexibility index (Phi) is 5.58. The number of anilines is 1. The minimum atomic E-state index is -0.637. The Morgan fingerprint density at radius 3 is 2.35 bits per heavy atom. The zero-order chi connectivity index (χ0) is 19.3. The fraction of sp³-hybridized carbons (Fsp3) is 0.125. The molecule has 26 heavy (non-hydrogen) atoms. The van der Waals surface area contributed by atoms with Crippen LogP contribution in [0.4, 0.5) is 17.1 Å². The number of benzene rings is 2. The van der Waals surface area contributed by atoms with Crippen molar-refractivity contribution in [1.29, 1.82) is 0 Å². The molecule has 0 atom stereocenters. The van der Waals surface area contributed by atoms with Crippen LogP contribution in [0.5, 0.6) is 0 Å². The van der Waals surface area contributed by atoms with Gasteiger partial charge in [-0.1, -0.05) is 6.07 Å². The first-order chi connectivity index (χ1) is 12.3. The monoisotopic (exact) mass is 357 g/mol. The maximum Gasteiger partial charge on any atom is 0.271 e. The summed E-state index contributed by atoms with van der Waals surface area (Å²) in [5.74, 6) is -0.637. The molecule has 2 rings (SSSR count). The number of carbonyl (C=O) groups excluding carboxylic acids is 1. The van der Waals surface area contributed by atoms with Gasteiger partial charge in [-0.05, 0) is 12.1 Å². The van der Waals surface area contributed by atoms with Gasteiger partial charge in [0.1, 0.15) is 0 Å². The van der Waals surface area contributed by atoms with E-state index in [-0.39, 0.29) is 16.9 Å². The molecule has 0 radical (unpaired) electrons. The minimum Gasteiger partial charge on any atom is -0.377 e. The lowest BCUT2D eigenvalue weighted by molar-refractivity contribution is -0.385. The smallest absolute Gasteiger partial charge is 0.271 e. The van der Waals surface area contributed by atoms with Gasteiger partial charge >= 0.3 is 0 Å². The van der Waals surface area contributed by atoms with Crippen LogP contribution in [0.2, 0.25) is 0 Å². The van der Waals surface area contributed by atoms with E-state index in [1.807, 2.05) is 0 Å². The first-order valence-electron chi connectivity index (χ1n) is 7.33. The molecule has 10 nitrogen and oxygen atoms in total. The highest BCUT2D eigenvalue weighted by Gasteiger charge is 2.12. The number of hydrogen-bond acceptors (Lipinski definition) is 7. The van der Waals surface area contributed by atoms with E-state index in [1.54, 1.807) is 25.1 Å². The molecule has 0 aromatic heterocycles. The van der Waals surface area contributed by atoms with Crippen molar-refractivity contribution in [2.75, 3.05) is 19.0 Å². The molecular formula is C16H15N5O5. The summed E-state index contributed by atoms with van der Waals surface area (Å²) in [5.41, 5.74) is 3.10. The van der Waals surface area contributed by atoms with Crippen molar-refractivity contribution in [1.82, 2.24) is 5.43 Å². The van der Waals surface area contributed by atoms with Gasteiger partial charge in [-0.2, -0.15) is 5.10 Å². The number of nitrogens with zero attached hydrogens (tertiary/aromatic N) is 4. The molecular weight excluding hydrogens is 342 g/mol. The van der Waals surface area contributed by atoms with Gasteiger partial charge < -0.3 is 4.90 Å². The molecule has 134 valence electrons. The number of amides is 1. The number of nitro groups is 2. The maximum atomic E-state index is 12.0.